The minimum absolute atomic E-state index is 0.196. The van der Waals surface area contributed by atoms with E-state index < -0.39 is 0 Å². The predicted molar refractivity (Wildman–Crippen MR) is 54.7 cm³/mol. The van der Waals surface area contributed by atoms with Crippen molar-refractivity contribution >= 4 is 0 Å². The molecule has 0 aliphatic rings. The second-order valence-electron chi connectivity index (χ2n) is 3.22. The van der Waals surface area contributed by atoms with Gasteiger partial charge in [0.2, 0.25) is 0 Å². The molecule has 0 unspecified atom stereocenters. The SMILES string of the molecule is COCCN[C@@H](C)c1ccc(F)cc1. The zero-order chi connectivity index (χ0) is 10.4. The Morgan fingerprint density at radius 2 is 2.00 bits per heavy atom. The van der Waals surface area contributed by atoms with E-state index >= 15 is 0 Å². The van der Waals surface area contributed by atoms with E-state index in [1.807, 2.05) is 6.92 Å². The molecule has 0 spiro atoms. The molecule has 78 valence electrons. The first-order chi connectivity index (χ1) is 6.74. The van der Waals surface area contributed by atoms with Crippen molar-refractivity contribution < 1.29 is 9.13 Å². The number of halogens is 1. The van der Waals surface area contributed by atoms with Gasteiger partial charge in [-0.05, 0) is 24.6 Å². The van der Waals surface area contributed by atoms with Gasteiger partial charge in [-0.1, -0.05) is 12.1 Å². The second-order valence-corrected chi connectivity index (χ2v) is 3.22. The minimum atomic E-state index is -0.196. The lowest BCUT2D eigenvalue weighted by Crippen LogP contribution is -2.22. The normalized spacial score (nSPS) is 12.8. The maximum absolute atomic E-state index is 12.6. The minimum Gasteiger partial charge on any atom is -0.383 e. The number of benzene rings is 1. The number of methoxy groups -OCH3 is 1. The monoisotopic (exact) mass is 197 g/mol. The summed E-state index contributed by atoms with van der Waals surface area (Å²) in [6, 6.07) is 6.76. The molecule has 0 saturated carbocycles. The summed E-state index contributed by atoms with van der Waals surface area (Å²) in [4.78, 5) is 0. The summed E-state index contributed by atoms with van der Waals surface area (Å²) in [5, 5.41) is 3.27. The van der Waals surface area contributed by atoms with Crippen molar-refractivity contribution in [2.45, 2.75) is 13.0 Å². The van der Waals surface area contributed by atoms with E-state index in [1.54, 1.807) is 19.2 Å². The molecular weight excluding hydrogens is 181 g/mol. The van der Waals surface area contributed by atoms with E-state index in [2.05, 4.69) is 5.32 Å². The van der Waals surface area contributed by atoms with Crippen molar-refractivity contribution in [3.63, 3.8) is 0 Å². The molecule has 0 heterocycles. The van der Waals surface area contributed by atoms with E-state index in [-0.39, 0.29) is 11.9 Å². The number of nitrogens with one attached hydrogen (secondary N) is 1. The van der Waals surface area contributed by atoms with Crippen LogP contribution in [0.2, 0.25) is 0 Å². The third kappa shape index (κ3) is 3.44. The molecule has 3 heteroatoms. The van der Waals surface area contributed by atoms with Gasteiger partial charge in [0.15, 0.2) is 0 Å². The lowest BCUT2D eigenvalue weighted by Gasteiger charge is -2.13. The molecule has 0 aromatic heterocycles. The molecule has 0 amide bonds. The number of hydrogen-bond donors (Lipinski definition) is 1. The number of ether oxygens (including phenoxy) is 1. The standard InChI is InChI=1S/C11H16FNO/c1-9(13-7-8-14-2)10-3-5-11(12)6-4-10/h3-6,9,13H,7-8H2,1-2H3/t9-/m0/s1. The van der Waals surface area contributed by atoms with E-state index in [9.17, 15) is 4.39 Å². The molecular formula is C11H16FNO. The van der Waals surface area contributed by atoms with Gasteiger partial charge in [-0.3, -0.25) is 0 Å². The third-order valence-corrected chi connectivity index (χ3v) is 2.13. The first-order valence-electron chi connectivity index (χ1n) is 4.72. The van der Waals surface area contributed by atoms with Gasteiger partial charge in [0.1, 0.15) is 5.82 Å². The molecule has 1 aromatic rings. The fourth-order valence-corrected chi connectivity index (χ4v) is 1.25. The van der Waals surface area contributed by atoms with Crippen molar-refractivity contribution in [3.05, 3.63) is 35.6 Å². The van der Waals surface area contributed by atoms with Crippen molar-refractivity contribution in [3.8, 4) is 0 Å². The van der Waals surface area contributed by atoms with Crippen molar-refractivity contribution in [2.75, 3.05) is 20.3 Å². The molecule has 2 nitrogen and oxygen atoms in total. The molecule has 1 N–H and O–H groups in total. The van der Waals surface area contributed by atoms with Crippen LogP contribution in [0.1, 0.15) is 18.5 Å². The van der Waals surface area contributed by atoms with Gasteiger partial charge in [-0.2, -0.15) is 0 Å². The maximum Gasteiger partial charge on any atom is 0.123 e. The molecule has 0 radical (unpaired) electrons. The Morgan fingerprint density at radius 1 is 1.36 bits per heavy atom. The summed E-state index contributed by atoms with van der Waals surface area (Å²) < 4.78 is 17.5. The zero-order valence-electron chi connectivity index (χ0n) is 8.59. The van der Waals surface area contributed by atoms with E-state index in [4.69, 9.17) is 4.74 Å². The fourth-order valence-electron chi connectivity index (χ4n) is 1.25. The van der Waals surface area contributed by atoms with Gasteiger partial charge < -0.3 is 10.1 Å². The Morgan fingerprint density at radius 3 is 2.57 bits per heavy atom. The van der Waals surface area contributed by atoms with Gasteiger partial charge in [0, 0.05) is 19.7 Å². The molecule has 1 aromatic carbocycles. The number of rotatable bonds is 5. The van der Waals surface area contributed by atoms with Gasteiger partial charge in [0.25, 0.3) is 0 Å². The van der Waals surface area contributed by atoms with Crippen LogP contribution in [-0.4, -0.2) is 20.3 Å². The molecule has 0 saturated heterocycles. The summed E-state index contributed by atoms with van der Waals surface area (Å²) in [7, 11) is 1.67. The molecule has 0 aliphatic carbocycles. The van der Waals surface area contributed by atoms with Crippen molar-refractivity contribution in [2.24, 2.45) is 0 Å². The average Bonchev–Trinajstić information content (AvgIpc) is 2.19. The van der Waals surface area contributed by atoms with Crippen LogP contribution >= 0.6 is 0 Å². The molecule has 14 heavy (non-hydrogen) atoms. The quantitative estimate of drug-likeness (QED) is 0.730. The summed E-state index contributed by atoms with van der Waals surface area (Å²) in [6.45, 7) is 3.53. The maximum atomic E-state index is 12.6. The van der Waals surface area contributed by atoms with Crippen LogP contribution in [0.3, 0.4) is 0 Å². The Labute approximate surface area is 84.1 Å². The van der Waals surface area contributed by atoms with Crippen LogP contribution in [0, 0.1) is 5.82 Å². The lowest BCUT2D eigenvalue weighted by molar-refractivity contribution is 0.196. The van der Waals surface area contributed by atoms with Crippen LogP contribution in [0.4, 0.5) is 4.39 Å². The van der Waals surface area contributed by atoms with Crippen LogP contribution in [-0.2, 0) is 4.74 Å². The number of hydrogen-bond acceptors (Lipinski definition) is 2. The van der Waals surface area contributed by atoms with Crippen LogP contribution in [0.25, 0.3) is 0 Å². The zero-order valence-corrected chi connectivity index (χ0v) is 8.59. The molecule has 1 rings (SSSR count). The highest BCUT2D eigenvalue weighted by Gasteiger charge is 2.03. The largest absolute Gasteiger partial charge is 0.383 e. The summed E-state index contributed by atoms with van der Waals surface area (Å²) in [5.41, 5.74) is 1.09. The summed E-state index contributed by atoms with van der Waals surface area (Å²) in [5.74, 6) is -0.196. The van der Waals surface area contributed by atoms with Gasteiger partial charge in [0.05, 0.1) is 6.61 Å². The molecule has 0 bridgehead atoms. The first kappa shape index (κ1) is 11.1. The Bertz CT molecular complexity index is 260. The van der Waals surface area contributed by atoms with Crippen molar-refractivity contribution in [1.82, 2.24) is 5.32 Å². The van der Waals surface area contributed by atoms with E-state index in [1.165, 1.54) is 12.1 Å². The second kappa shape index (κ2) is 5.73. The van der Waals surface area contributed by atoms with Crippen LogP contribution < -0.4 is 5.32 Å². The summed E-state index contributed by atoms with van der Waals surface area (Å²) >= 11 is 0. The topological polar surface area (TPSA) is 21.3 Å². The highest BCUT2D eigenvalue weighted by Crippen LogP contribution is 2.12. The fraction of sp³-hybridized carbons (Fsp3) is 0.455. The van der Waals surface area contributed by atoms with Crippen LogP contribution in [0.5, 0.6) is 0 Å². The highest BCUT2D eigenvalue weighted by molar-refractivity contribution is 5.19. The Kier molecular flexibility index (Phi) is 4.56. The molecule has 0 fully saturated rings. The lowest BCUT2D eigenvalue weighted by atomic mass is 10.1. The molecule has 1 atom stereocenters. The summed E-state index contributed by atoms with van der Waals surface area (Å²) in [6.07, 6.45) is 0. The van der Waals surface area contributed by atoms with Crippen LogP contribution in [0.15, 0.2) is 24.3 Å². The van der Waals surface area contributed by atoms with E-state index in [0.29, 0.717) is 6.61 Å². The molecule has 0 aliphatic heterocycles. The first-order valence-corrected chi connectivity index (χ1v) is 4.72. The predicted octanol–water partition coefficient (Wildman–Crippen LogP) is 2.12. The van der Waals surface area contributed by atoms with Gasteiger partial charge in [-0.15, -0.1) is 0 Å². The smallest absolute Gasteiger partial charge is 0.123 e. The highest BCUT2D eigenvalue weighted by atomic mass is 19.1. The van der Waals surface area contributed by atoms with Gasteiger partial charge in [-0.25, -0.2) is 4.39 Å². The Hall–Kier alpha value is -0.930. The van der Waals surface area contributed by atoms with Gasteiger partial charge >= 0.3 is 0 Å². The van der Waals surface area contributed by atoms with Crippen molar-refractivity contribution in [1.29, 1.82) is 0 Å². The third-order valence-electron chi connectivity index (χ3n) is 2.13. The Balaban J connectivity index is 2.43. The average molecular weight is 197 g/mol. The van der Waals surface area contributed by atoms with E-state index in [0.717, 1.165) is 12.1 Å².